The van der Waals surface area contributed by atoms with Crippen molar-refractivity contribution in [3.63, 3.8) is 0 Å². The van der Waals surface area contributed by atoms with E-state index in [1.165, 1.54) is 54.8 Å². The highest BCUT2D eigenvalue weighted by atomic mass is 16.3. The van der Waals surface area contributed by atoms with Gasteiger partial charge in [0, 0.05) is 61.2 Å². The van der Waals surface area contributed by atoms with Gasteiger partial charge in [-0.15, -0.1) is 0 Å². The minimum absolute atomic E-state index is 0.863. The monoisotopic (exact) mass is 676 g/mol. The Balaban J connectivity index is 1.15. The lowest BCUT2D eigenvalue weighted by molar-refractivity contribution is 0.669. The Labute approximate surface area is 306 Å². The predicted octanol–water partition coefficient (Wildman–Crippen LogP) is 14.1. The van der Waals surface area contributed by atoms with Crippen molar-refractivity contribution in [2.75, 3.05) is 4.90 Å². The molecule has 0 atom stereocenters. The number of aromatic nitrogens is 1. The van der Waals surface area contributed by atoms with Crippen LogP contribution in [-0.2, 0) is 0 Å². The van der Waals surface area contributed by atoms with Gasteiger partial charge in [-0.05, 0) is 71.1 Å². The Morgan fingerprint density at radius 2 is 0.925 bits per heavy atom. The van der Waals surface area contributed by atoms with E-state index < -0.39 is 0 Å². The molecule has 11 aromatic rings. The van der Waals surface area contributed by atoms with Gasteiger partial charge in [0.2, 0.25) is 0 Å². The summed E-state index contributed by atoms with van der Waals surface area (Å²) in [6, 6.07) is 69.4. The van der Waals surface area contributed by atoms with Crippen LogP contribution in [0, 0.1) is 0 Å². The zero-order valence-electron chi connectivity index (χ0n) is 28.8. The van der Waals surface area contributed by atoms with Crippen molar-refractivity contribution in [1.82, 2.24) is 4.40 Å². The number of anilines is 3. The molecule has 0 fully saturated rings. The van der Waals surface area contributed by atoms with E-state index in [1.807, 2.05) is 0 Å². The lowest BCUT2D eigenvalue weighted by Gasteiger charge is -2.25. The van der Waals surface area contributed by atoms with Crippen LogP contribution < -0.4 is 4.90 Å². The summed E-state index contributed by atoms with van der Waals surface area (Å²) in [6.45, 7) is 0. The number of hydrogen-bond donors (Lipinski definition) is 0. The third-order valence-electron chi connectivity index (χ3n) is 10.7. The van der Waals surface area contributed by atoms with E-state index in [9.17, 15) is 0 Å². The van der Waals surface area contributed by atoms with Crippen molar-refractivity contribution >= 4 is 77.1 Å². The van der Waals surface area contributed by atoms with Crippen molar-refractivity contribution in [3.05, 3.63) is 194 Å². The molecule has 0 saturated carbocycles. The third-order valence-corrected chi connectivity index (χ3v) is 10.7. The fourth-order valence-electron chi connectivity index (χ4n) is 8.46. The van der Waals surface area contributed by atoms with Crippen molar-refractivity contribution < 1.29 is 4.42 Å². The molecule has 8 aromatic carbocycles. The molecule has 0 saturated heterocycles. The fourth-order valence-corrected chi connectivity index (χ4v) is 8.46. The molecule has 0 aliphatic carbocycles. The summed E-state index contributed by atoms with van der Waals surface area (Å²) in [5.74, 6) is 0. The molecule has 0 radical (unpaired) electrons. The third kappa shape index (κ3) is 4.54. The first kappa shape index (κ1) is 29.6. The Morgan fingerprint density at radius 3 is 1.66 bits per heavy atom. The Morgan fingerprint density at radius 1 is 0.358 bits per heavy atom. The quantitative estimate of drug-likeness (QED) is 0.169. The normalized spacial score (nSPS) is 11.8. The van der Waals surface area contributed by atoms with Gasteiger partial charge in [0.15, 0.2) is 0 Å². The zero-order chi connectivity index (χ0) is 34.9. The van der Waals surface area contributed by atoms with Gasteiger partial charge in [0.05, 0.1) is 16.6 Å². The molecule has 248 valence electrons. The molecule has 0 amide bonds. The van der Waals surface area contributed by atoms with Crippen LogP contribution >= 0.6 is 0 Å². The van der Waals surface area contributed by atoms with Crippen LogP contribution in [0.1, 0.15) is 0 Å². The van der Waals surface area contributed by atoms with E-state index in [-0.39, 0.29) is 0 Å². The van der Waals surface area contributed by atoms with Crippen molar-refractivity contribution in [2.24, 2.45) is 0 Å². The van der Waals surface area contributed by atoms with E-state index in [0.29, 0.717) is 0 Å². The molecular formula is C50H32N2O. The van der Waals surface area contributed by atoms with E-state index in [0.717, 1.165) is 44.6 Å². The van der Waals surface area contributed by atoms with Crippen LogP contribution in [-0.4, -0.2) is 4.40 Å². The van der Waals surface area contributed by atoms with Gasteiger partial charge in [0.1, 0.15) is 11.2 Å². The molecular weight excluding hydrogens is 645 g/mol. The van der Waals surface area contributed by atoms with E-state index in [1.54, 1.807) is 0 Å². The van der Waals surface area contributed by atoms with Crippen LogP contribution in [0.2, 0.25) is 0 Å². The molecule has 0 unspecified atom stereocenters. The molecule has 3 heterocycles. The summed E-state index contributed by atoms with van der Waals surface area (Å²) in [4.78, 5) is 2.27. The molecule has 3 aromatic heterocycles. The number of furan rings is 1. The highest BCUT2D eigenvalue weighted by Gasteiger charge is 2.22. The second-order valence-corrected chi connectivity index (χ2v) is 13.7. The van der Waals surface area contributed by atoms with Gasteiger partial charge in [-0.2, -0.15) is 0 Å². The van der Waals surface area contributed by atoms with E-state index in [2.05, 4.69) is 203 Å². The maximum absolute atomic E-state index is 6.75. The first-order valence-electron chi connectivity index (χ1n) is 18.1. The maximum Gasteiger partial charge on any atom is 0.137 e. The van der Waals surface area contributed by atoms with Gasteiger partial charge in [-0.3, -0.25) is 0 Å². The Hall–Kier alpha value is -7.10. The second-order valence-electron chi connectivity index (χ2n) is 13.7. The highest BCUT2D eigenvalue weighted by molar-refractivity contribution is 6.23. The molecule has 3 heteroatoms. The Kier molecular flexibility index (Phi) is 6.55. The molecule has 53 heavy (non-hydrogen) atoms. The summed E-state index contributed by atoms with van der Waals surface area (Å²) in [5.41, 5.74) is 13.4. The number of hydrogen-bond acceptors (Lipinski definition) is 2. The van der Waals surface area contributed by atoms with Crippen LogP contribution in [0.5, 0.6) is 0 Å². The summed E-state index contributed by atoms with van der Waals surface area (Å²) < 4.78 is 9.25. The number of para-hydroxylation sites is 4. The SMILES string of the molecule is c1ccc(-c2c3ccccc3n3c4c(-c5ccc6c(c5)oc5cc(N(c7ccccc7)c7ccccc7)ccc56)cccc4c4ccccc4c23)cc1. The van der Waals surface area contributed by atoms with Crippen LogP contribution in [0.15, 0.2) is 199 Å². The number of benzene rings is 8. The van der Waals surface area contributed by atoms with Crippen molar-refractivity contribution in [1.29, 1.82) is 0 Å². The topological polar surface area (TPSA) is 20.8 Å². The minimum Gasteiger partial charge on any atom is -0.456 e. The van der Waals surface area contributed by atoms with E-state index in [4.69, 9.17) is 4.42 Å². The average molecular weight is 677 g/mol. The number of rotatable bonds is 5. The summed E-state index contributed by atoms with van der Waals surface area (Å²) >= 11 is 0. The van der Waals surface area contributed by atoms with Gasteiger partial charge >= 0.3 is 0 Å². The van der Waals surface area contributed by atoms with Crippen molar-refractivity contribution in [2.45, 2.75) is 0 Å². The number of fused-ring (bicyclic) bond motifs is 11. The second kappa shape index (κ2) is 11.7. The molecule has 11 rings (SSSR count). The number of nitrogens with zero attached hydrogens (tertiary/aromatic N) is 2. The molecule has 3 nitrogen and oxygen atoms in total. The highest BCUT2D eigenvalue weighted by Crippen LogP contribution is 2.45. The molecule has 0 spiro atoms. The van der Waals surface area contributed by atoms with Crippen LogP contribution in [0.25, 0.3) is 82.3 Å². The molecule has 0 aliphatic heterocycles. The minimum atomic E-state index is 0.863. The van der Waals surface area contributed by atoms with Gasteiger partial charge < -0.3 is 13.7 Å². The largest absolute Gasteiger partial charge is 0.456 e. The van der Waals surface area contributed by atoms with Crippen molar-refractivity contribution in [3.8, 4) is 22.3 Å². The Bertz CT molecular complexity index is 3120. The standard InChI is InChI=1S/C50H32N2O/c1-4-15-33(16-5-1)48-44-23-12-13-26-45(44)52-49-38(24-14-25-42(49)39-21-10-11-22-43(39)50(48)52)34-27-29-40-41-30-28-37(32-47(41)53-46(40)31-34)51(35-17-6-2-7-18-35)36-19-8-3-9-20-36/h1-32H. The zero-order valence-corrected chi connectivity index (χ0v) is 28.8. The summed E-state index contributed by atoms with van der Waals surface area (Å²) in [7, 11) is 0. The molecule has 0 bridgehead atoms. The van der Waals surface area contributed by atoms with E-state index >= 15 is 0 Å². The first-order valence-corrected chi connectivity index (χ1v) is 18.1. The lowest BCUT2D eigenvalue weighted by Crippen LogP contribution is -2.09. The fraction of sp³-hybridized carbons (Fsp3) is 0. The van der Waals surface area contributed by atoms with Gasteiger partial charge in [-0.25, -0.2) is 0 Å². The molecule has 0 aliphatic rings. The van der Waals surface area contributed by atoms with Gasteiger partial charge in [-0.1, -0.05) is 133 Å². The van der Waals surface area contributed by atoms with Crippen LogP contribution in [0.3, 0.4) is 0 Å². The predicted molar refractivity (Wildman–Crippen MR) is 223 cm³/mol. The smallest absolute Gasteiger partial charge is 0.137 e. The first-order chi connectivity index (χ1) is 26.3. The van der Waals surface area contributed by atoms with Gasteiger partial charge in [0.25, 0.3) is 0 Å². The average Bonchev–Trinajstić information content (AvgIpc) is 3.77. The van der Waals surface area contributed by atoms with Crippen LogP contribution in [0.4, 0.5) is 17.1 Å². The molecule has 0 N–H and O–H groups in total. The lowest BCUT2D eigenvalue weighted by atomic mass is 9.95. The maximum atomic E-state index is 6.75. The number of pyridine rings is 1. The summed E-state index contributed by atoms with van der Waals surface area (Å²) in [6.07, 6.45) is 0. The summed E-state index contributed by atoms with van der Waals surface area (Å²) in [5, 5.41) is 7.17.